The van der Waals surface area contributed by atoms with Gasteiger partial charge in [0, 0.05) is 6.42 Å². The van der Waals surface area contributed by atoms with Gasteiger partial charge in [-0.2, -0.15) is 0 Å². The molecular formula is C14H11Cl3O2. The summed E-state index contributed by atoms with van der Waals surface area (Å²) in [4.78, 5) is 9.95. The third kappa shape index (κ3) is 3.53. The molecule has 0 amide bonds. The van der Waals surface area contributed by atoms with Crippen LogP contribution in [0.3, 0.4) is 0 Å². The normalized spacial score (nSPS) is 22.5. The van der Waals surface area contributed by atoms with Gasteiger partial charge in [-0.05, 0) is 29.3 Å². The molecule has 0 N–H and O–H groups in total. The first-order chi connectivity index (χ1) is 9.01. The van der Waals surface area contributed by atoms with E-state index in [0.29, 0.717) is 17.4 Å². The monoisotopic (exact) mass is 316 g/mol. The van der Waals surface area contributed by atoms with Crippen molar-refractivity contribution < 1.29 is 9.53 Å². The van der Waals surface area contributed by atoms with E-state index in [9.17, 15) is 4.79 Å². The average Bonchev–Trinajstić information content (AvgIpc) is 2.39. The lowest BCUT2D eigenvalue weighted by molar-refractivity contribution is -0.113. The van der Waals surface area contributed by atoms with Gasteiger partial charge in [-0.25, -0.2) is 0 Å². The van der Waals surface area contributed by atoms with Crippen molar-refractivity contribution in [1.82, 2.24) is 0 Å². The molecule has 1 atom stereocenters. The maximum absolute atomic E-state index is 11.2. The standard InChI is InChI=1S/C14H11Cl3O2/c15-11-8-14(17,13(16)18)7-6-12(11)19-9-10-4-2-1-3-5-10/h1-6,8H,7,9H2. The smallest absolute Gasteiger partial charge is 0.246 e. The van der Waals surface area contributed by atoms with Crippen LogP contribution < -0.4 is 0 Å². The number of hydrogen-bond donors (Lipinski definition) is 0. The Morgan fingerprint density at radius 1 is 1.32 bits per heavy atom. The van der Waals surface area contributed by atoms with E-state index in [2.05, 4.69) is 0 Å². The first-order valence-corrected chi connectivity index (χ1v) is 6.79. The van der Waals surface area contributed by atoms with Gasteiger partial charge >= 0.3 is 0 Å². The molecule has 0 saturated carbocycles. The van der Waals surface area contributed by atoms with Crippen LogP contribution in [0, 0.1) is 0 Å². The van der Waals surface area contributed by atoms with Crippen LogP contribution in [0.2, 0.25) is 0 Å². The molecule has 0 spiro atoms. The van der Waals surface area contributed by atoms with Crippen molar-refractivity contribution >= 4 is 40.0 Å². The number of hydrogen-bond acceptors (Lipinski definition) is 2. The minimum Gasteiger partial charge on any atom is -0.488 e. The van der Waals surface area contributed by atoms with Crippen molar-refractivity contribution in [3.63, 3.8) is 0 Å². The van der Waals surface area contributed by atoms with Crippen molar-refractivity contribution in [2.45, 2.75) is 17.9 Å². The Kier molecular flexibility index (Phi) is 4.56. The zero-order valence-corrected chi connectivity index (χ0v) is 12.2. The number of ether oxygens (including phenoxy) is 1. The van der Waals surface area contributed by atoms with E-state index >= 15 is 0 Å². The van der Waals surface area contributed by atoms with E-state index in [1.54, 1.807) is 6.08 Å². The molecule has 5 heteroatoms. The van der Waals surface area contributed by atoms with Gasteiger partial charge in [0.1, 0.15) is 17.2 Å². The average molecular weight is 318 g/mol. The number of carbonyl (C=O) groups excluding carboxylic acids is 1. The van der Waals surface area contributed by atoms with E-state index in [1.165, 1.54) is 6.08 Å². The Labute approximate surface area is 126 Å². The SMILES string of the molecule is O=C(Cl)C1(Cl)C=C(Cl)C(OCc2ccccc2)=CC1. The maximum Gasteiger partial charge on any atom is 0.246 e. The molecule has 1 aromatic carbocycles. The van der Waals surface area contributed by atoms with Crippen molar-refractivity contribution in [3.05, 3.63) is 58.8 Å². The highest BCUT2D eigenvalue weighted by molar-refractivity contribution is 6.71. The van der Waals surface area contributed by atoms with Gasteiger partial charge in [0.15, 0.2) is 0 Å². The fraction of sp³-hybridized carbons (Fsp3) is 0.214. The van der Waals surface area contributed by atoms with Crippen molar-refractivity contribution in [3.8, 4) is 0 Å². The van der Waals surface area contributed by atoms with Crippen LogP contribution in [-0.4, -0.2) is 10.1 Å². The lowest BCUT2D eigenvalue weighted by atomic mass is 10.0. The van der Waals surface area contributed by atoms with Crippen LogP contribution in [0.4, 0.5) is 0 Å². The molecule has 0 bridgehead atoms. The van der Waals surface area contributed by atoms with Crippen molar-refractivity contribution in [1.29, 1.82) is 0 Å². The summed E-state index contributed by atoms with van der Waals surface area (Å²) >= 11 is 17.5. The molecule has 1 unspecified atom stereocenters. The number of benzene rings is 1. The van der Waals surface area contributed by atoms with E-state index < -0.39 is 10.1 Å². The Morgan fingerprint density at radius 2 is 2.00 bits per heavy atom. The largest absolute Gasteiger partial charge is 0.488 e. The lowest BCUT2D eigenvalue weighted by Crippen LogP contribution is -2.28. The highest BCUT2D eigenvalue weighted by Crippen LogP contribution is 2.35. The fourth-order valence-corrected chi connectivity index (χ4v) is 2.36. The van der Waals surface area contributed by atoms with Crippen LogP contribution in [0.5, 0.6) is 0 Å². The third-order valence-electron chi connectivity index (χ3n) is 2.74. The topological polar surface area (TPSA) is 26.3 Å². The number of halogens is 3. The second-order valence-corrected chi connectivity index (χ2v) is 5.60. The number of alkyl halides is 1. The quantitative estimate of drug-likeness (QED) is 0.609. The van der Waals surface area contributed by atoms with Crippen molar-refractivity contribution in [2.24, 2.45) is 0 Å². The van der Waals surface area contributed by atoms with E-state index in [4.69, 9.17) is 39.5 Å². The van der Waals surface area contributed by atoms with Gasteiger partial charge in [0.25, 0.3) is 0 Å². The molecule has 0 fully saturated rings. The highest BCUT2D eigenvalue weighted by atomic mass is 35.5. The predicted molar refractivity (Wildman–Crippen MR) is 77.3 cm³/mol. The lowest BCUT2D eigenvalue weighted by Gasteiger charge is -2.23. The molecule has 0 aromatic heterocycles. The first kappa shape index (κ1) is 14.4. The van der Waals surface area contributed by atoms with E-state index in [-0.39, 0.29) is 6.42 Å². The molecule has 1 aliphatic rings. The van der Waals surface area contributed by atoms with Gasteiger partial charge in [-0.1, -0.05) is 41.9 Å². The highest BCUT2D eigenvalue weighted by Gasteiger charge is 2.35. The molecule has 0 saturated heterocycles. The van der Waals surface area contributed by atoms with Crippen LogP contribution in [0.15, 0.2) is 53.3 Å². The van der Waals surface area contributed by atoms with Crippen LogP contribution in [-0.2, 0) is 16.1 Å². The predicted octanol–water partition coefficient (Wildman–Crippen LogP) is 4.36. The maximum atomic E-state index is 11.2. The molecule has 100 valence electrons. The molecule has 0 aliphatic heterocycles. The Morgan fingerprint density at radius 3 is 2.58 bits per heavy atom. The van der Waals surface area contributed by atoms with Crippen LogP contribution in [0.1, 0.15) is 12.0 Å². The van der Waals surface area contributed by atoms with E-state index in [0.717, 1.165) is 5.56 Å². The first-order valence-electron chi connectivity index (χ1n) is 5.66. The summed E-state index contributed by atoms with van der Waals surface area (Å²) < 4.78 is 5.60. The molecule has 2 nitrogen and oxygen atoms in total. The molecular weight excluding hydrogens is 307 g/mol. The van der Waals surface area contributed by atoms with Crippen LogP contribution >= 0.6 is 34.8 Å². The van der Waals surface area contributed by atoms with Crippen molar-refractivity contribution in [2.75, 3.05) is 0 Å². The molecule has 0 radical (unpaired) electrons. The van der Waals surface area contributed by atoms with Gasteiger partial charge in [0.05, 0.1) is 5.03 Å². The summed E-state index contributed by atoms with van der Waals surface area (Å²) in [7, 11) is 0. The Hall–Kier alpha value is -0.960. The zero-order valence-electron chi connectivity index (χ0n) is 9.91. The summed E-state index contributed by atoms with van der Waals surface area (Å²) in [5, 5.41) is -0.350. The molecule has 2 rings (SSSR count). The summed E-state index contributed by atoms with van der Waals surface area (Å²) in [6.45, 7) is 0.404. The molecule has 1 aromatic rings. The second-order valence-electron chi connectivity index (χ2n) is 4.18. The summed E-state index contributed by atoms with van der Waals surface area (Å²) in [6, 6.07) is 9.71. The molecule has 19 heavy (non-hydrogen) atoms. The van der Waals surface area contributed by atoms with E-state index in [1.807, 2.05) is 30.3 Å². The zero-order chi connectivity index (χ0) is 13.9. The van der Waals surface area contributed by atoms with Gasteiger partial charge in [0.2, 0.25) is 5.24 Å². The number of carbonyl (C=O) groups is 1. The summed E-state index contributed by atoms with van der Waals surface area (Å²) in [6.07, 6.45) is 3.36. The summed E-state index contributed by atoms with van der Waals surface area (Å²) in [5.41, 5.74) is 1.03. The van der Waals surface area contributed by atoms with Gasteiger partial charge < -0.3 is 4.74 Å². The molecule has 0 heterocycles. The minimum atomic E-state index is -1.27. The Bertz CT molecular complexity index is 537. The Balaban J connectivity index is 2.03. The minimum absolute atomic E-state index is 0.261. The fourth-order valence-electron chi connectivity index (χ4n) is 1.67. The number of rotatable bonds is 4. The van der Waals surface area contributed by atoms with Gasteiger partial charge in [-0.3, -0.25) is 4.79 Å². The summed E-state index contributed by atoms with van der Waals surface area (Å²) in [5.74, 6) is 0.514. The second kappa shape index (κ2) is 6.00. The van der Waals surface area contributed by atoms with Crippen LogP contribution in [0.25, 0.3) is 0 Å². The third-order valence-corrected chi connectivity index (χ3v) is 3.90. The molecule has 1 aliphatic carbocycles. The number of allylic oxidation sites excluding steroid dienone is 3. The van der Waals surface area contributed by atoms with Gasteiger partial charge in [-0.15, -0.1) is 11.6 Å².